The molecule has 5 atom stereocenters. The van der Waals surface area contributed by atoms with Crippen molar-refractivity contribution in [3.8, 4) is 5.75 Å². The van der Waals surface area contributed by atoms with Gasteiger partial charge in [0, 0.05) is 16.5 Å². The van der Waals surface area contributed by atoms with Gasteiger partial charge in [0.25, 0.3) is 0 Å². The Morgan fingerprint density at radius 2 is 1.79 bits per heavy atom. The monoisotopic (exact) mass is 685 g/mol. The van der Waals surface area contributed by atoms with Gasteiger partial charge in [-0.3, -0.25) is 4.79 Å². The minimum Gasteiger partial charge on any atom is -0.461 e. The van der Waals surface area contributed by atoms with Crippen molar-refractivity contribution in [1.82, 2.24) is 4.72 Å². The molecule has 39 heavy (non-hydrogen) atoms. The molecule has 1 aliphatic heterocycles. The Labute approximate surface area is 237 Å². The van der Waals surface area contributed by atoms with E-state index in [0.717, 1.165) is 15.7 Å². The number of esters is 1. The molecule has 9 nitrogen and oxygen atoms in total. The number of aliphatic hydroxyl groups excluding tert-OH is 1. The molecule has 14 heteroatoms. The normalized spacial score (nSPS) is 23.7. The summed E-state index contributed by atoms with van der Waals surface area (Å²) < 4.78 is 90.2. The highest BCUT2D eigenvalue weighted by Gasteiger charge is 2.49. The fraction of sp³-hybridized carbons (Fsp3) is 0.400. The molecular weight excluding hydrogens is 658 g/mol. The van der Waals surface area contributed by atoms with Gasteiger partial charge in [0.15, 0.2) is 6.10 Å². The lowest BCUT2D eigenvalue weighted by molar-refractivity contribution is -0.282. The third-order valence-electron chi connectivity index (χ3n) is 5.61. The van der Waals surface area contributed by atoms with E-state index in [1.807, 2.05) is 0 Å². The average Bonchev–Trinajstić information content (AvgIpc) is 2.89. The van der Waals surface area contributed by atoms with Crippen LogP contribution in [0.5, 0.6) is 5.75 Å². The van der Waals surface area contributed by atoms with Crippen LogP contribution in [-0.2, 0) is 35.2 Å². The van der Waals surface area contributed by atoms with Gasteiger partial charge in [-0.25, -0.2) is 13.1 Å². The molecule has 214 valence electrons. The zero-order valence-electron chi connectivity index (χ0n) is 20.6. The Hall–Kier alpha value is -2.24. The Morgan fingerprint density at radius 1 is 1.15 bits per heavy atom. The van der Waals surface area contributed by atoms with Gasteiger partial charge in [-0.2, -0.15) is 13.2 Å². The highest BCUT2D eigenvalue weighted by molar-refractivity contribution is 14.1. The Morgan fingerprint density at radius 3 is 2.36 bits per heavy atom. The molecule has 0 amide bonds. The molecule has 3 rings (SSSR count). The fourth-order valence-electron chi connectivity index (χ4n) is 3.63. The third-order valence-corrected chi connectivity index (χ3v) is 7.77. The van der Waals surface area contributed by atoms with Crippen molar-refractivity contribution in [1.29, 1.82) is 0 Å². The molecule has 0 radical (unpaired) electrons. The second kappa shape index (κ2) is 13.4. The quantitative estimate of drug-likeness (QED) is 0.209. The number of carbonyl (C=O) groups excluding carboxylic acids is 1. The van der Waals surface area contributed by atoms with E-state index in [-0.39, 0.29) is 13.0 Å². The maximum atomic E-state index is 12.9. The lowest BCUT2D eigenvalue weighted by Crippen LogP contribution is -2.63. The number of alkyl halides is 3. The Kier molecular flexibility index (Phi) is 10.8. The van der Waals surface area contributed by atoms with E-state index in [1.165, 1.54) is 6.08 Å². The first kappa shape index (κ1) is 31.3. The topological polar surface area (TPSA) is 120 Å². The number of hydrogen-bond donors (Lipinski definition) is 2. The summed E-state index contributed by atoms with van der Waals surface area (Å²) in [6.07, 6.45) is -9.66. The number of hydrogen-bond acceptors (Lipinski definition) is 8. The highest BCUT2D eigenvalue weighted by atomic mass is 127. The molecule has 0 bridgehead atoms. The van der Waals surface area contributed by atoms with Crippen molar-refractivity contribution >= 4 is 38.6 Å². The number of rotatable bonds is 11. The van der Waals surface area contributed by atoms with Gasteiger partial charge in [-0.1, -0.05) is 13.0 Å². The van der Waals surface area contributed by atoms with E-state index in [1.54, 1.807) is 31.2 Å². The minimum atomic E-state index is -4.62. The van der Waals surface area contributed by atoms with Crippen molar-refractivity contribution in [3.05, 3.63) is 70.3 Å². The maximum absolute atomic E-state index is 12.9. The van der Waals surface area contributed by atoms with Gasteiger partial charge in [-0.05, 0) is 71.1 Å². The number of nitrogens with one attached hydrogen (secondary N) is 1. The highest BCUT2D eigenvalue weighted by Crippen LogP contribution is 2.31. The number of benzene rings is 2. The van der Waals surface area contributed by atoms with Crippen molar-refractivity contribution in [3.63, 3.8) is 0 Å². The van der Waals surface area contributed by atoms with Crippen LogP contribution < -0.4 is 9.46 Å². The number of sulfonamides is 1. The molecule has 1 fully saturated rings. The largest absolute Gasteiger partial charge is 0.461 e. The minimum absolute atomic E-state index is 0.0212. The van der Waals surface area contributed by atoms with Crippen molar-refractivity contribution in [2.75, 3.05) is 13.2 Å². The molecule has 2 N–H and O–H groups in total. The van der Waals surface area contributed by atoms with E-state index in [4.69, 9.17) is 18.9 Å². The van der Waals surface area contributed by atoms with Crippen LogP contribution >= 0.6 is 22.6 Å². The SMILES string of the molecule is C=CCO[C@H]1[C@H](O)[C@@H](CNS(=O)(=O)c2ccc(C(F)(F)F)cc2)O[C@@H](Oc2ccc(I)cc2)[C@@H]1OC(=O)CC. The summed E-state index contributed by atoms with van der Waals surface area (Å²) in [5, 5.41) is 11.0. The predicted octanol–water partition coefficient (Wildman–Crippen LogP) is 3.65. The molecule has 0 unspecified atom stereocenters. The fourth-order valence-corrected chi connectivity index (χ4v) is 5.03. The second-order valence-electron chi connectivity index (χ2n) is 8.37. The van der Waals surface area contributed by atoms with Crippen LogP contribution in [0.15, 0.2) is 66.1 Å². The molecule has 2 aromatic carbocycles. The second-order valence-corrected chi connectivity index (χ2v) is 11.4. The van der Waals surface area contributed by atoms with Gasteiger partial charge in [0.2, 0.25) is 16.3 Å². The summed E-state index contributed by atoms with van der Waals surface area (Å²) in [5.74, 6) is -0.262. The molecule has 2 aromatic rings. The van der Waals surface area contributed by atoms with Gasteiger partial charge in [0.05, 0.1) is 17.1 Å². The van der Waals surface area contributed by atoms with Crippen LogP contribution in [0.4, 0.5) is 13.2 Å². The molecule has 0 aromatic heterocycles. The summed E-state index contributed by atoms with van der Waals surface area (Å²) in [6.45, 7) is 4.61. The van der Waals surface area contributed by atoms with Crippen LogP contribution in [0, 0.1) is 3.57 Å². The average molecular weight is 685 g/mol. The first-order valence-electron chi connectivity index (χ1n) is 11.7. The first-order chi connectivity index (χ1) is 18.4. The van der Waals surface area contributed by atoms with E-state index in [0.29, 0.717) is 17.9 Å². The lowest BCUT2D eigenvalue weighted by atomic mass is 9.98. The number of aliphatic hydroxyl groups is 1. The first-order valence-corrected chi connectivity index (χ1v) is 14.3. The van der Waals surface area contributed by atoms with E-state index in [9.17, 15) is 31.5 Å². The molecular formula is C25H27F3INO8S. The van der Waals surface area contributed by atoms with Gasteiger partial charge in [0.1, 0.15) is 24.1 Å². The third kappa shape index (κ3) is 8.38. The summed E-state index contributed by atoms with van der Waals surface area (Å²) in [7, 11) is -4.29. The summed E-state index contributed by atoms with van der Waals surface area (Å²) in [6, 6.07) is 9.77. The molecule has 1 aliphatic rings. The zero-order valence-corrected chi connectivity index (χ0v) is 23.6. The van der Waals surface area contributed by atoms with Crippen LogP contribution in [0.2, 0.25) is 0 Å². The summed E-state index contributed by atoms with van der Waals surface area (Å²) in [5.41, 5.74) is -1.00. The summed E-state index contributed by atoms with van der Waals surface area (Å²) >= 11 is 2.11. The molecule has 0 aliphatic carbocycles. The molecule has 1 heterocycles. The lowest BCUT2D eigenvalue weighted by Gasteiger charge is -2.43. The molecule has 1 saturated heterocycles. The van der Waals surface area contributed by atoms with Gasteiger partial charge in [-0.15, -0.1) is 6.58 Å². The predicted molar refractivity (Wildman–Crippen MR) is 141 cm³/mol. The number of ether oxygens (including phenoxy) is 4. The standard InChI is InChI=1S/C25H27F3INO8S/c1-3-13-35-22-21(32)19(14-30-39(33,34)18-11-5-15(6-12-18)25(26,27)28)37-24(23(22)38-20(31)4-2)36-17-9-7-16(29)8-10-17/h3,5-12,19,21-24,30,32H,1,4,13-14H2,2H3/t19-,21-,22+,23-,24-/m1/s1. The van der Waals surface area contributed by atoms with Crippen LogP contribution in [-0.4, -0.2) is 63.4 Å². The van der Waals surface area contributed by atoms with E-state index < -0.39 is 69.9 Å². The van der Waals surface area contributed by atoms with E-state index >= 15 is 0 Å². The Bertz CT molecular complexity index is 1230. The number of halogens is 4. The maximum Gasteiger partial charge on any atom is 0.416 e. The van der Waals surface area contributed by atoms with Crippen molar-refractivity contribution in [2.45, 2.75) is 55.1 Å². The molecule has 0 spiro atoms. The van der Waals surface area contributed by atoms with Gasteiger partial charge < -0.3 is 24.1 Å². The van der Waals surface area contributed by atoms with Crippen molar-refractivity contribution < 1.29 is 50.4 Å². The van der Waals surface area contributed by atoms with Crippen molar-refractivity contribution in [2.24, 2.45) is 0 Å². The Balaban J connectivity index is 1.84. The smallest absolute Gasteiger partial charge is 0.416 e. The van der Waals surface area contributed by atoms with Gasteiger partial charge >= 0.3 is 12.1 Å². The zero-order chi connectivity index (χ0) is 28.8. The van der Waals surface area contributed by atoms with E-state index in [2.05, 4.69) is 33.9 Å². The van der Waals surface area contributed by atoms with Crippen LogP contribution in [0.1, 0.15) is 18.9 Å². The van der Waals surface area contributed by atoms with Crippen LogP contribution in [0.3, 0.4) is 0 Å². The van der Waals surface area contributed by atoms with Crippen LogP contribution in [0.25, 0.3) is 0 Å². The number of carbonyl (C=O) groups is 1. The summed E-state index contributed by atoms with van der Waals surface area (Å²) in [4.78, 5) is 11.8. The molecule has 0 saturated carbocycles.